The molecule has 1 atom stereocenters. The summed E-state index contributed by atoms with van der Waals surface area (Å²) < 4.78 is 43.8. The van der Waals surface area contributed by atoms with Crippen molar-refractivity contribution in [3.63, 3.8) is 0 Å². The minimum atomic E-state index is -4.43. The number of ether oxygens (including phenoxy) is 1. The SMILES string of the molecule is CCCC(COC)Nc1ccc(N)cc1C(F)(F)F. The largest absolute Gasteiger partial charge is 0.418 e. The minimum Gasteiger partial charge on any atom is -0.399 e. The summed E-state index contributed by atoms with van der Waals surface area (Å²) in [4.78, 5) is 0. The van der Waals surface area contributed by atoms with E-state index >= 15 is 0 Å². The Morgan fingerprint density at radius 2 is 2.05 bits per heavy atom. The van der Waals surface area contributed by atoms with E-state index in [1.54, 1.807) is 0 Å². The fourth-order valence-corrected chi connectivity index (χ4v) is 1.89. The normalized spacial score (nSPS) is 13.3. The molecular formula is C13H19F3N2O. The summed E-state index contributed by atoms with van der Waals surface area (Å²) in [6.07, 6.45) is -2.84. The molecule has 19 heavy (non-hydrogen) atoms. The molecule has 0 heterocycles. The summed E-state index contributed by atoms with van der Waals surface area (Å²) in [6, 6.07) is 3.60. The van der Waals surface area contributed by atoms with E-state index in [4.69, 9.17) is 10.5 Å². The first-order valence-corrected chi connectivity index (χ1v) is 6.10. The molecule has 0 amide bonds. The van der Waals surface area contributed by atoms with Gasteiger partial charge in [-0.2, -0.15) is 13.2 Å². The highest BCUT2D eigenvalue weighted by Gasteiger charge is 2.34. The molecule has 3 N–H and O–H groups in total. The molecule has 1 rings (SSSR count). The van der Waals surface area contributed by atoms with Gasteiger partial charge in [0.25, 0.3) is 0 Å². The molecule has 1 unspecified atom stereocenters. The Kier molecular flexibility index (Phi) is 5.47. The minimum absolute atomic E-state index is 0.0391. The van der Waals surface area contributed by atoms with E-state index in [1.165, 1.54) is 19.2 Å². The number of hydrogen-bond acceptors (Lipinski definition) is 3. The lowest BCUT2D eigenvalue weighted by atomic mass is 10.1. The maximum atomic E-state index is 12.9. The lowest BCUT2D eigenvalue weighted by Gasteiger charge is -2.22. The first kappa shape index (κ1) is 15.6. The molecule has 6 heteroatoms. The van der Waals surface area contributed by atoms with Crippen LogP contribution in [0.1, 0.15) is 25.3 Å². The predicted octanol–water partition coefficient (Wildman–Crippen LogP) is 3.51. The molecule has 0 saturated heterocycles. The number of benzene rings is 1. The molecule has 108 valence electrons. The highest BCUT2D eigenvalue weighted by Crippen LogP contribution is 2.36. The zero-order valence-electron chi connectivity index (χ0n) is 11.1. The van der Waals surface area contributed by atoms with Crippen LogP contribution in [0.5, 0.6) is 0 Å². The van der Waals surface area contributed by atoms with Crippen LogP contribution in [0.15, 0.2) is 18.2 Å². The van der Waals surface area contributed by atoms with Crippen LogP contribution in [0.2, 0.25) is 0 Å². The van der Waals surface area contributed by atoms with Crippen LogP contribution >= 0.6 is 0 Å². The highest BCUT2D eigenvalue weighted by molar-refractivity contribution is 5.59. The van der Waals surface area contributed by atoms with Crippen molar-refractivity contribution in [3.05, 3.63) is 23.8 Å². The first-order valence-electron chi connectivity index (χ1n) is 6.10. The molecule has 1 aromatic rings. The number of rotatable bonds is 6. The average Bonchev–Trinajstić information content (AvgIpc) is 2.31. The van der Waals surface area contributed by atoms with Crippen LogP contribution in [0.3, 0.4) is 0 Å². The monoisotopic (exact) mass is 276 g/mol. The van der Waals surface area contributed by atoms with Gasteiger partial charge in [-0.15, -0.1) is 0 Å². The third kappa shape index (κ3) is 4.63. The Morgan fingerprint density at radius 1 is 1.37 bits per heavy atom. The van der Waals surface area contributed by atoms with Crippen molar-refractivity contribution in [1.29, 1.82) is 0 Å². The van der Waals surface area contributed by atoms with Crippen LogP contribution < -0.4 is 11.1 Å². The maximum absolute atomic E-state index is 12.9. The van der Waals surface area contributed by atoms with Crippen LogP contribution in [0.25, 0.3) is 0 Å². The van der Waals surface area contributed by atoms with Gasteiger partial charge in [-0.05, 0) is 24.6 Å². The van der Waals surface area contributed by atoms with E-state index in [2.05, 4.69) is 5.32 Å². The van der Waals surface area contributed by atoms with Crippen molar-refractivity contribution < 1.29 is 17.9 Å². The lowest BCUT2D eigenvalue weighted by molar-refractivity contribution is -0.136. The Labute approximate surface area is 110 Å². The van der Waals surface area contributed by atoms with E-state index in [0.29, 0.717) is 6.61 Å². The zero-order valence-corrected chi connectivity index (χ0v) is 11.1. The molecule has 0 radical (unpaired) electrons. The molecule has 1 aromatic carbocycles. The molecule has 3 nitrogen and oxygen atoms in total. The van der Waals surface area contributed by atoms with E-state index in [-0.39, 0.29) is 17.4 Å². The van der Waals surface area contributed by atoms with Gasteiger partial charge in [0, 0.05) is 24.5 Å². The lowest BCUT2D eigenvalue weighted by Crippen LogP contribution is -2.26. The van der Waals surface area contributed by atoms with Crippen molar-refractivity contribution >= 4 is 11.4 Å². The Balaban J connectivity index is 2.98. The summed E-state index contributed by atoms with van der Waals surface area (Å²) >= 11 is 0. The van der Waals surface area contributed by atoms with E-state index in [1.807, 2.05) is 6.92 Å². The zero-order chi connectivity index (χ0) is 14.5. The highest BCUT2D eigenvalue weighted by atomic mass is 19.4. The fourth-order valence-electron chi connectivity index (χ4n) is 1.89. The number of methoxy groups -OCH3 is 1. The smallest absolute Gasteiger partial charge is 0.399 e. The molecule has 0 aromatic heterocycles. The number of hydrogen-bond donors (Lipinski definition) is 2. The van der Waals surface area contributed by atoms with Gasteiger partial charge in [-0.1, -0.05) is 13.3 Å². The maximum Gasteiger partial charge on any atom is 0.418 e. The second-order valence-corrected chi connectivity index (χ2v) is 4.39. The molecule has 0 aliphatic rings. The molecule has 0 aliphatic carbocycles. The topological polar surface area (TPSA) is 47.3 Å². The molecule has 0 saturated carbocycles. The van der Waals surface area contributed by atoms with Crippen molar-refractivity contribution in [2.45, 2.75) is 32.0 Å². The van der Waals surface area contributed by atoms with E-state index in [0.717, 1.165) is 18.9 Å². The number of halogens is 3. The Hall–Kier alpha value is -1.43. The number of nitrogens with two attached hydrogens (primary N) is 1. The van der Waals surface area contributed by atoms with Crippen molar-refractivity contribution in [2.75, 3.05) is 24.8 Å². The van der Waals surface area contributed by atoms with Gasteiger partial charge in [0.05, 0.1) is 12.2 Å². The number of alkyl halides is 3. The number of nitrogen functional groups attached to an aromatic ring is 1. The van der Waals surface area contributed by atoms with Gasteiger partial charge in [0.15, 0.2) is 0 Å². The first-order chi connectivity index (χ1) is 8.88. The van der Waals surface area contributed by atoms with Gasteiger partial charge in [0.2, 0.25) is 0 Å². The summed E-state index contributed by atoms with van der Waals surface area (Å²) in [5.41, 5.74) is 4.81. The standard InChI is InChI=1S/C13H19F3N2O/c1-3-4-10(8-19-2)18-12-6-5-9(17)7-11(12)13(14,15)16/h5-7,10,18H,3-4,8,17H2,1-2H3. The van der Waals surface area contributed by atoms with Gasteiger partial charge in [0.1, 0.15) is 0 Å². The van der Waals surface area contributed by atoms with Crippen LogP contribution in [-0.2, 0) is 10.9 Å². The van der Waals surface area contributed by atoms with E-state index < -0.39 is 11.7 Å². The van der Waals surface area contributed by atoms with Crippen LogP contribution in [0.4, 0.5) is 24.5 Å². The Morgan fingerprint density at radius 3 is 2.58 bits per heavy atom. The molecule has 0 aliphatic heterocycles. The van der Waals surface area contributed by atoms with E-state index in [9.17, 15) is 13.2 Å². The Bertz CT molecular complexity index is 401. The summed E-state index contributed by atoms with van der Waals surface area (Å²) in [5.74, 6) is 0. The van der Waals surface area contributed by atoms with Crippen LogP contribution in [0, 0.1) is 0 Å². The van der Waals surface area contributed by atoms with Gasteiger partial charge in [-0.25, -0.2) is 0 Å². The second-order valence-electron chi connectivity index (χ2n) is 4.39. The van der Waals surface area contributed by atoms with Crippen LogP contribution in [-0.4, -0.2) is 19.8 Å². The molecule has 0 spiro atoms. The van der Waals surface area contributed by atoms with Crippen molar-refractivity contribution in [1.82, 2.24) is 0 Å². The molecular weight excluding hydrogens is 257 g/mol. The molecule has 0 fully saturated rings. The van der Waals surface area contributed by atoms with Gasteiger partial charge >= 0.3 is 6.18 Å². The third-order valence-corrected chi connectivity index (χ3v) is 2.71. The summed E-state index contributed by atoms with van der Waals surface area (Å²) in [5, 5.41) is 2.88. The predicted molar refractivity (Wildman–Crippen MR) is 70.1 cm³/mol. The summed E-state index contributed by atoms with van der Waals surface area (Å²) in [7, 11) is 1.53. The number of anilines is 2. The summed E-state index contributed by atoms with van der Waals surface area (Å²) in [6.45, 7) is 2.33. The third-order valence-electron chi connectivity index (χ3n) is 2.71. The quantitative estimate of drug-likeness (QED) is 0.782. The average molecular weight is 276 g/mol. The van der Waals surface area contributed by atoms with Crippen molar-refractivity contribution in [3.8, 4) is 0 Å². The number of nitrogens with one attached hydrogen (secondary N) is 1. The molecule has 0 bridgehead atoms. The second kappa shape index (κ2) is 6.65. The van der Waals surface area contributed by atoms with Gasteiger partial charge < -0.3 is 15.8 Å². The van der Waals surface area contributed by atoms with Gasteiger partial charge in [-0.3, -0.25) is 0 Å². The fraction of sp³-hybridized carbons (Fsp3) is 0.538. The van der Waals surface area contributed by atoms with Crippen molar-refractivity contribution in [2.24, 2.45) is 0 Å².